The first kappa shape index (κ1) is 39.3. The van der Waals surface area contributed by atoms with Gasteiger partial charge < -0.3 is 4.90 Å². The number of hydrogen-bond acceptors (Lipinski definition) is 3. The van der Waals surface area contributed by atoms with E-state index in [0.29, 0.717) is 0 Å². The molecular weight excluding hydrogens is 847 g/mol. The maximum atomic E-state index is 2.54. The number of benzene rings is 11. The summed E-state index contributed by atoms with van der Waals surface area (Å²) in [4.78, 5) is 2.54. The van der Waals surface area contributed by atoms with Crippen molar-refractivity contribution in [3.63, 3.8) is 0 Å². The Hall–Kier alpha value is -8.08. The van der Waals surface area contributed by atoms with Crippen LogP contribution < -0.4 is 4.90 Å². The minimum Gasteiger partial charge on any atom is -0.309 e. The molecule has 2 heterocycles. The van der Waals surface area contributed by atoms with E-state index in [-0.39, 0.29) is 0 Å². The van der Waals surface area contributed by atoms with Gasteiger partial charge in [-0.25, -0.2) is 0 Å². The third-order valence-electron chi connectivity index (χ3n) is 13.3. The average molecular weight is 888 g/mol. The van der Waals surface area contributed by atoms with Crippen LogP contribution in [0.15, 0.2) is 249 Å². The van der Waals surface area contributed by atoms with E-state index in [0.717, 1.165) is 17.1 Å². The van der Waals surface area contributed by atoms with Crippen molar-refractivity contribution in [2.75, 3.05) is 4.90 Å². The van der Waals surface area contributed by atoms with Gasteiger partial charge in [0.2, 0.25) is 0 Å². The molecule has 0 aliphatic carbocycles. The summed E-state index contributed by atoms with van der Waals surface area (Å²) in [6.07, 6.45) is 0. The van der Waals surface area contributed by atoms with Crippen molar-refractivity contribution in [2.24, 2.45) is 0 Å². The minimum atomic E-state index is 1.10. The molecule has 0 radical (unpaired) electrons. The normalized spacial score (nSPS) is 11.6. The Balaban J connectivity index is 1.06. The Bertz CT molecular complexity index is 3950. The van der Waals surface area contributed by atoms with Gasteiger partial charge in [-0.2, -0.15) is 0 Å². The van der Waals surface area contributed by atoms with E-state index < -0.39 is 0 Å². The SMILES string of the molecule is c1ccc(-c2ccc3c(c2)sc2cccc(N(c4ccc(-c5ccc6ccccc6c5-c5ccccc5)cc4)c4ccc(-c5ccccc5)c5sc6cc(-c7ccccc7)ccc6c45)c23)cc1. The fourth-order valence-corrected chi connectivity index (χ4v) is 12.6. The molecule has 0 unspecified atom stereocenters. The molecule has 1 nitrogen and oxygen atoms in total. The van der Waals surface area contributed by atoms with Crippen molar-refractivity contribution in [1.29, 1.82) is 0 Å². The van der Waals surface area contributed by atoms with Crippen LogP contribution in [-0.4, -0.2) is 0 Å². The van der Waals surface area contributed by atoms with Gasteiger partial charge in [0.15, 0.2) is 0 Å². The van der Waals surface area contributed by atoms with Crippen LogP contribution in [-0.2, 0) is 0 Å². The Morgan fingerprint density at radius 3 is 1.48 bits per heavy atom. The lowest BCUT2D eigenvalue weighted by Crippen LogP contribution is -2.11. The molecule has 13 rings (SSSR count). The Morgan fingerprint density at radius 2 is 0.806 bits per heavy atom. The molecule has 314 valence electrons. The third kappa shape index (κ3) is 6.82. The largest absolute Gasteiger partial charge is 0.309 e. The van der Waals surface area contributed by atoms with Crippen LogP contribution in [0.25, 0.3) is 107 Å². The van der Waals surface area contributed by atoms with Crippen molar-refractivity contribution in [3.05, 3.63) is 249 Å². The lowest BCUT2D eigenvalue weighted by molar-refractivity contribution is 1.32. The average Bonchev–Trinajstić information content (AvgIpc) is 3.98. The fourth-order valence-electron chi connectivity index (χ4n) is 10.1. The van der Waals surface area contributed by atoms with Gasteiger partial charge in [0.1, 0.15) is 0 Å². The number of fused-ring (bicyclic) bond motifs is 7. The van der Waals surface area contributed by atoms with E-state index in [1.54, 1.807) is 0 Å². The summed E-state index contributed by atoms with van der Waals surface area (Å²) in [5.74, 6) is 0. The Kier molecular flexibility index (Phi) is 9.63. The molecule has 0 spiro atoms. The van der Waals surface area contributed by atoms with Gasteiger partial charge in [-0.3, -0.25) is 0 Å². The predicted molar refractivity (Wildman–Crippen MR) is 292 cm³/mol. The van der Waals surface area contributed by atoms with Crippen molar-refractivity contribution < 1.29 is 0 Å². The summed E-state index contributed by atoms with van der Waals surface area (Å²) in [6, 6.07) is 91.4. The van der Waals surface area contributed by atoms with E-state index in [2.05, 4.69) is 254 Å². The fraction of sp³-hybridized carbons (Fsp3) is 0. The van der Waals surface area contributed by atoms with E-state index in [9.17, 15) is 0 Å². The number of thiophene rings is 2. The van der Waals surface area contributed by atoms with E-state index in [1.165, 1.54) is 107 Å². The Labute approximate surface area is 397 Å². The van der Waals surface area contributed by atoms with Crippen LogP contribution in [0.5, 0.6) is 0 Å². The second kappa shape index (κ2) is 16.4. The number of anilines is 3. The van der Waals surface area contributed by atoms with Gasteiger partial charge in [0, 0.05) is 46.0 Å². The Morgan fingerprint density at radius 1 is 0.284 bits per heavy atom. The quantitative estimate of drug-likeness (QED) is 0.147. The molecule has 0 aliphatic rings. The lowest BCUT2D eigenvalue weighted by atomic mass is 9.89. The molecule has 0 N–H and O–H groups in total. The first-order valence-corrected chi connectivity index (χ1v) is 24.5. The minimum absolute atomic E-state index is 1.10. The van der Waals surface area contributed by atoms with Crippen LogP contribution in [0, 0.1) is 0 Å². The van der Waals surface area contributed by atoms with Crippen LogP contribution in [0.4, 0.5) is 17.1 Å². The number of rotatable bonds is 8. The van der Waals surface area contributed by atoms with Gasteiger partial charge in [0.25, 0.3) is 0 Å². The topological polar surface area (TPSA) is 3.24 Å². The van der Waals surface area contributed by atoms with Crippen molar-refractivity contribution in [3.8, 4) is 55.6 Å². The van der Waals surface area contributed by atoms with Gasteiger partial charge >= 0.3 is 0 Å². The maximum Gasteiger partial charge on any atom is 0.0555 e. The molecule has 0 aliphatic heterocycles. The standard InChI is InChI=1S/C64H41NS2/c1-5-16-42(17-6-1)48-31-36-54-59(40-48)66-58-27-15-26-56(62(54)58)65(50-33-28-46(29-34-50)52-35-30-45-22-13-14-25-51(45)61(52)47-23-11-4-12-24-47)57-39-38-53(44-20-9-3-10-21-44)64-63(57)55-37-32-49(41-60(55)67-64)43-18-7-2-8-19-43/h1-41H. The van der Waals surface area contributed by atoms with Crippen molar-refractivity contribution in [2.45, 2.75) is 0 Å². The second-order valence-corrected chi connectivity index (χ2v) is 19.3. The summed E-state index contributed by atoms with van der Waals surface area (Å²) in [5.41, 5.74) is 15.7. The zero-order chi connectivity index (χ0) is 44.3. The monoisotopic (exact) mass is 887 g/mol. The van der Waals surface area contributed by atoms with Crippen molar-refractivity contribution >= 4 is 90.9 Å². The van der Waals surface area contributed by atoms with E-state index in [4.69, 9.17) is 0 Å². The van der Waals surface area contributed by atoms with Crippen LogP contribution in [0.1, 0.15) is 0 Å². The first-order valence-electron chi connectivity index (χ1n) is 22.8. The smallest absolute Gasteiger partial charge is 0.0555 e. The first-order chi connectivity index (χ1) is 33.2. The summed E-state index contributed by atoms with van der Waals surface area (Å²) >= 11 is 3.77. The van der Waals surface area contributed by atoms with Gasteiger partial charge in [-0.05, 0) is 109 Å². The summed E-state index contributed by atoms with van der Waals surface area (Å²) in [5, 5.41) is 7.53. The third-order valence-corrected chi connectivity index (χ3v) is 15.6. The molecule has 0 fully saturated rings. The highest BCUT2D eigenvalue weighted by atomic mass is 32.1. The van der Waals surface area contributed by atoms with E-state index in [1.807, 2.05) is 22.7 Å². The van der Waals surface area contributed by atoms with Crippen LogP contribution in [0.3, 0.4) is 0 Å². The molecule has 2 aromatic heterocycles. The zero-order valence-electron chi connectivity index (χ0n) is 36.4. The highest BCUT2D eigenvalue weighted by Gasteiger charge is 2.24. The number of hydrogen-bond donors (Lipinski definition) is 0. The molecule has 0 atom stereocenters. The van der Waals surface area contributed by atoms with Gasteiger partial charge in [-0.15, -0.1) is 22.7 Å². The molecule has 0 bridgehead atoms. The van der Waals surface area contributed by atoms with Gasteiger partial charge in [0.05, 0.1) is 11.4 Å². The zero-order valence-corrected chi connectivity index (χ0v) is 38.1. The molecule has 11 aromatic carbocycles. The van der Waals surface area contributed by atoms with E-state index >= 15 is 0 Å². The lowest BCUT2D eigenvalue weighted by Gasteiger charge is -2.28. The molecule has 0 amide bonds. The summed E-state index contributed by atoms with van der Waals surface area (Å²) in [7, 11) is 0. The second-order valence-electron chi connectivity index (χ2n) is 17.2. The molecule has 0 saturated heterocycles. The molecule has 3 heteroatoms. The molecular formula is C64H41NS2. The maximum absolute atomic E-state index is 2.54. The van der Waals surface area contributed by atoms with Crippen LogP contribution >= 0.6 is 22.7 Å². The highest BCUT2D eigenvalue weighted by molar-refractivity contribution is 7.26. The highest BCUT2D eigenvalue weighted by Crippen LogP contribution is 2.52. The number of nitrogens with zero attached hydrogens (tertiary/aromatic N) is 1. The molecule has 13 aromatic rings. The molecule has 67 heavy (non-hydrogen) atoms. The predicted octanol–water partition coefficient (Wildman–Crippen LogP) is 19.4. The summed E-state index contributed by atoms with van der Waals surface area (Å²) in [6.45, 7) is 0. The summed E-state index contributed by atoms with van der Waals surface area (Å²) < 4.78 is 5.10. The van der Waals surface area contributed by atoms with Crippen molar-refractivity contribution in [1.82, 2.24) is 0 Å². The van der Waals surface area contributed by atoms with Crippen LogP contribution in [0.2, 0.25) is 0 Å². The molecule has 0 saturated carbocycles. The van der Waals surface area contributed by atoms with Gasteiger partial charge in [-0.1, -0.05) is 206 Å².